The SMILES string of the molecule is CN(CC1CC(O)C1)c1nc2ccc([N+](=O)[O-])cc2[nH]1. The number of nitrogens with zero attached hydrogens (tertiary/aromatic N) is 3. The van der Waals surface area contributed by atoms with Crippen LogP contribution in [0.2, 0.25) is 0 Å². The fraction of sp³-hybridized carbons (Fsp3) is 0.462. The van der Waals surface area contributed by atoms with Crippen molar-refractivity contribution in [3.05, 3.63) is 28.3 Å². The predicted molar refractivity (Wildman–Crippen MR) is 74.7 cm³/mol. The summed E-state index contributed by atoms with van der Waals surface area (Å²) in [6.45, 7) is 0.818. The number of benzene rings is 1. The number of nitrogens with one attached hydrogen (secondary N) is 1. The van der Waals surface area contributed by atoms with E-state index in [0.717, 1.165) is 19.4 Å². The van der Waals surface area contributed by atoms with E-state index in [0.29, 0.717) is 22.9 Å². The molecular weight excluding hydrogens is 260 g/mol. The molecular formula is C13H16N4O3. The van der Waals surface area contributed by atoms with Crippen LogP contribution in [-0.2, 0) is 0 Å². The van der Waals surface area contributed by atoms with Crippen molar-refractivity contribution in [2.45, 2.75) is 18.9 Å². The maximum Gasteiger partial charge on any atom is 0.271 e. The topological polar surface area (TPSA) is 95.3 Å². The highest BCUT2D eigenvalue weighted by Crippen LogP contribution is 2.29. The van der Waals surface area contributed by atoms with Gasteiger partial charge in [-0.2, -0.15) is 0 Å². The Morgan fingerprint density at radius 1 is 1.55 bits per heavy atom. The number of non-ortho nitro benzene ring substituents is 1. The van der Waals surface area contributed by atoms with Crippen LogP contribution in [0.3, 0.4) is 0 Å². The van der Waals surface area contributed by atoms with Gasteiger partial charge in [0.05, 0.1) is 22.1 Å². The van der Waals surface area contributed by atoms with Gasteiger partial charge in [-0.15, -0.1) is 0 Å². The molecule has 0 aliphatic heterocycles. The van der Waals surface area contributed by atoms with Gasteiger partial charge in [0, 0.05) is 25.7 Å². The van der Waals surface area contributed by atoms with E-state index in [9.17, 15) is 15.2 Å². The summed E-state index contributed by atoms with van der Waals surface area (Å²) in [7, 11) is 1.93. The predicted octanol–water partition coefficient (Wildman–Crippen LogP) is 1.68. The van der Waals surface area contributed by atoms with Crippen molar-refractivity contribution in [3.8, 4) is 0 Å². The maximum absolute atomic E-state index is 10.7. The molecule has 0 atom stereocenters. The highest BCUT2D eigenvalue weighted by atomic mass is 16.6. The molecule has 1 aliphatic rings. The number of aliphatic hydroxyl groups is 1. The van der Waals surface area contributed by atoms with Crippen molar-refractivity contribution in [2.75, 3.05) is 18.5 Å². The van der Waals surface area contributed by atoms with Crippen molar-refractivity contribution in [2.24, 2.45) is 5.92 Å². The third-order valence-electron chi connectivity index (χ3n) is 3.77. The Bertz CT molecular complexity index is 648. The smallest absolute Gasteiger partial charge is 0.271 e. The summed E-state index contributed by atoms with van der Waals surface area (Å²) in [4.78, 5) is 19.8. The maximum atomic E-state index is 10.7. The molecule has 0 amide bonds. The molecule has 1 aliphatic carbocycles. The van der Waals surface area contributed by atoms with Crippen molar-refractivity contribution in [1.29, 1.82) is 0 Å². The lowest BCUT2D eigenvalue weighted by Crippen LogP contribution is -2.37. The monoisotopic (exact) mass is 276 g/mol. The summed E-state index contributed by atoms with van der Waals surface area (Å²) in [6, 6.07) is 4.59. The number of rotatable bonds is 4. The molecule has 0 radical (unpaired) electrons. The van der Waals surface area contributed by atoms with Gasteiger partial charge in [0.25, 0.3) is 5.69 Å². The van der Waals surface area contributed by atoms with Gasteiger partial charge in [-0.25, -0.2) is 4.98 Å². The summed E-state index contributed by atoms with van der Waals surface area (Å²) in [5.41, 5.74) is 1.43. The molecule has 1 aromatic carbocycles. The van der Waals surface area contributed by atoms with Gasteiger partial charge in [0.1, 0.15) is 0 Å². The van der Waals surface area contributed by atoms with Crippen LogP contribution in [0.25, 0.3) is 11.0 Å². The normalized spacial score (nSPS) is 21.7. The molecule has 106 valence electrons. The molecule has 2 aromatic rings. The van der Waals surface area contributed by atoms with Gasteiger partial charge in [0.2, 0.25) is 5.95 Å². The zero-order valence-corrected chi connectivity index (χ0v) is 11.1. The minimum absolute atomic E-state index is 0.0532. The third-order valence-corrected chi connectivity index (χ3v) is 3.77. The molecule has 1 saturated carbocycles. The number of nitro benzene ring substituents is 1. The first kappa shape index (κ1) is 12.9. The molecule has 7 nitrogen and oxygen atoms in total. The lowest BCUT2D eigenvalue weighted by atomic mass is 9.82. The van der Waals surface area contributed by atoms with E-state index in [1.54, 1.807) is 6.07 Å². The largest absolute Gasteiger partial charge is 0.393 e. The van der Waals surface area contributed by atoms with Crippen molar-refractivity contribution in [1.82, 2.24) is 9.97 Å². The van der Waals surface area contributed by atoms with E-state index in [-0.39, 0.29) is 11.8 Å². The minimum atomic E-state index is -0.417. The Balaban J connectivity index is 1.79. The van der Waals surface area contributed by atoms with E-state index < -0.39 is 4.92 Å². The lowest BCUT2D eigenvalue weighted by molar-refractivity contribution is -0.384. The molecule has 7 heteroatoms. The zero-order valence-electron chi connectivity index (χ0n) is 11.1. The number of hydrogen-bond donors (Lipinski definition) is 2. The minimum Gasteiger partial charge on any atom is -0.393 e. The average Bonchev–Trinajstić information content (AvgIpc) is 2.79. The van der Waals surface area contributed by atoms with Crippen LogP contribution in [-0.4, -0.2) is 39.7 Å². The summed E-state index contributed by atoms with van der Waals surface area (Å²) < 4.78 is 0. The second-order valence-corrected chi connectivity index (χ2v) is 5.39. The fourth-order valence-electron chi connectivity index (χ4n) is 2.60. The number of aromatic nitrogens is 2. The molecule has 1 heterocycles. The van der Waals surface area contributed by atoms with Crippen LogP contribution in [0, 0.1) is 16.0 Å². The molecule has 1 aromatic heterocycles. The van der Waals surface area contributed by atoms with E-state index in [1.165, 1.54) is 12.1 Å². The summed E-state index contributed by atoms with van der Waals surface area (Å²) in [5.74, 6) is 1.18. The van der Waals surface area contributed by atoms with Gasteiger partial charge in [-0.1, -0.05) is 0 Å². The second-order valence-electron chi connectivity index (χ2n) is 5.39. The molecule has 0 spiro atoms. The van der Waals surface area contributed by atoms with Gasteiger partial charge >= 0.3 is 0 Å². The first-order valence-electron chi connectivity index (χ1n) is 6.56. The van der Waals surface area contributed by atoms with Crippen LogP contribution in [0.4, 0.5) is 11.6 Å². The Labute approximate surface area is 115 Å². The summed E-state index contributed by atoms with van der Waals surface area (Å²) >= 11 is 0. The Morgan fingerprint density at radius 3 is 2.95 bits per heavy atom. The first-order valence-corrected chi connectivity index (χ1v) is 6.56. The van der Waals surface area contributed by atoms with Gasteiger partial charge < -0.3 is 15.0 Å². The quantitative estimate of drug-likeness (QED) is 0.654. The number of H-pyrrole nitrogens is 1. The van der Waals surface area contributed by atoms with Crippen LogP contribution >= 0.6 is 0 Å². The fourth-order valence-corrected chi connectivity index (χ4v) is 2.60. The zero-order chi connectivity index (χ0) is 14.3. The number of aliphatic hydroxyl groups excluding tert-OH is 1. The van der Waals surface area contributed by atoms with E-state index in [4.69, 9.17) is 0 Å². The molecule has 0 saturated heterocycles. The van der Waals surface area contributed by atoms with Gasteiger partial charge in [-0.3, -0.25) is 10.1 Å². The van der Waals surface area contributed by atoms with E-state index in [2.05, 4.69) is 9.97 Å². The van der Waals surface area contributed by atoms with Crippen molar-refractivity contribution < 1.29 is 10.0 Å². The highest BCUT2D eigenvalue weighted by molar-refractivity contribution is 5.80. The third kappa shape index (κ3) is 2.32. The molecule has 1 fully saturated rings. The van der Waals surface area contributed by atoms with Crippen LogP contribution < -0.4 is 4.90 Å². The molecule has 0 unspecified atom stereocenters. The first-order chi connectivity index (χ1) is 9.52. The standard InChI is InChI=1S/C13H16N4O3/c1-16(7-8-4-10(18)5-8)13-14-11-3-2-9(17(19)20)6-12(11)15-13/h2-3,6,8,10,18H,4-5,7H2,1H3,(H,14,15). The van der Waals surface area contributed by atoms with Crippen LogP contribution in [0.1, 0.15) is 12.8 Å². The summed E-state index contributed by atoms with van der Waals surface area (Å²) in [6.07, 6.45) is 1.50. The molecule has 0 bridgehead atoms. The Kier molecular flexibility index (Phi) is 3.06. The summed E-state index contributed by atoms with van der Waals surface area (Å²) in [5, 5.41) is 20.0. The van der Waals surface area contributed by atoms with E-state index >= 15 is 0 Å². The van der Waals surface area contributed by atoms with Crippen molar-refractivity contribution in [3.63, 3.8) is 0 Å². The molecule has 3 rings (SSSR count). The Hall–Kier alpha value is -2.15. The average molecular weight is 276 g/mol. The number of fused-ring (bicyclic) bond motifs is 1. The number of anilines is 1. The van der Waals surface area contributed by atoms with Crippen LogP contribution in [0.15, 0.2) is 18.2 Å². The molecule has 2 N–H and O–H groups in total. The van der Waals surface area contributed by atoms with Gasteiger partial charge in [0.15, 0.2) is 0 Å². The highest BCUT2D eigenvalue weighted by Gasteiger charge is 2.28. The number of aromatic amines is 1. The lowest BCUT2D eigenvalue weighted by Gasteiger charge is -2.34. The number of hydrogen-bond acceptors (Lipinski definition) is 5. The Morgan fingerprint density at radius 2 is 2.30 bits per heavy atom. The van der Waals surface area contributed by atoms with E-state index in [1.807, 2.05) is 11.9 Å². The second kappa shape index (κ2) is 4.75. The van der Waals surface area contributed by atoms with Crippen LogP contribution in [0.5, 0.6) is 0 Å². The molecule has 20 heavy (non-hydrogen) atoms. The number of imidazole rings is 1. The van der Waals surface area contributed by atoms with Gasteiger partial charge in [-0.05, 0) is 24.8 Å². The number of nitro groups is 1. The van der Waals surface area contributed by atoms with Crippen molar-refractivity contribution >= 4 is 22.7 Å².